The molecule has 0 heterocycles. The molecule has 0 aliphatic heterocycles. The molecule has 6 heteroatoms. The number of hydrogen-bond acceptors (Lipinski definition) is 5. The maximum absolute atomic E-state index is 12.2. The molecule has 2 N–H and O–H groups in total. The van der Waals surface area contributed by atoms with Crippen molar-refractivity contribution in [3.8, 4) is 0 Å². The molecule has 0 unspecified atom stereocenters. The fourth-order valence-corrected chi connectivity index (χ4v) is 3.04. The van der Waals surface area contributed by atoms with Crippen LogP contribution in [0.3, 0.4) is 0 Å². The first-order valence-corrected chi connectivity index (χ1v) is 11.2. The highest BCUT2D eigenvalue weighted by atomic mass is 16.6. The van der Waals surface area contributed by atoms with E-state index < -0.39 is 23.9 Å². The number of unbranched alkanes of at least 4 members (excludes halogenated alkanes) is 10. The third kappa shape index (κ3) is 16.7. The third-order valence-electron chi connectivity index (χ3n) is 4.80. The van der Waals surface area contributed by atoms with E-state index in [1.807, 2.05) is 0 Å². The first-order chi connectivity index (χ1) is 13.5. The lowest BCUT2D eigenvalue weighted by Crippen LogP contribution is -2.40. The second-order valence-electron chi connectivity index (χ2n) is 7.52. The van der Waals surface area contributed by atoms with Crippen LogP contribution in [-0.4, -0.2) is 35.6 Å². The minimum absolute atomic E-state index is 0.131. The Labute approximate surface area is 170 Å². The maximum atomic E-state index is 12.2. The molecule has 28 heavy (non-hydrogen) atoms. The van der Waals surface area contributed by atoms with Gasteiger partial charge in [-0.2, -0.15) is 0 Å². The molecule has 0 aromatic heterocycles. The zero-order chi connectivity index (χ0) is 21.0. The number of nitrogens with one attached hydrogen (secondary N) is 1. The van der Waals surface area contributed by atoms with Crippen molar-refractivity contribution < 1.29 is 24.2 Å². The van der Waals surface area contributed by atoms with Crippen LogP contribution in [0.5, 0.6) is 0 Å². The Balaban J connectivity index is 3.99. The van der Waals surface area contributed by atoms with Gasteiger partial charge in [-0.25, -0.2) is 4.79 Å². The fraction of sp³-hybridized carbons (Fsp3) is 0.864. The summed E-state index contributed by atoms with van der Waals surface area (Å²) in [6.07, 6.45) is 13.6. The van der Waals surface area contributed by atoms with Gasteiger partial charge in [0.15, 0.2) is 0 Å². The highest BCUT2D eigenvalue weighted by molar-refractivity contribution is 5.88. The Hall–Kier alpha value is -1.43. The van der Waals surface area contributed by atoms with Crippen molar-refractivity contribution in [1.29, 1.82) is 0 Å². The highest BCUT2D eigenvalue weighted by Gasteiger charge is 2.22. The van der Waals surface area contributed by atoms with Crippen molar-refractivity contribution in [1.82, 2.24) is 5.32 Å². The summed E-state index contributed by atoms with van der Waals surface area (Å²) in [4.78, 5) is 34.9. The van der Waals surface area contributed by atoms with E-state index in [0.29, 0.717) is 6.54 Å². The van der Waals surface area contributed by atoms with Gasteiger partial charge in [0.25, 0.3) is 0 Å². The predicted octanol–water partition coefficient (Wildman–Crippen LogP) is 4.99. The van der Waals surface area contributed by atoms with Crippen LogP contribution in [0.1, 0.15) is 110 Å². The summed E-state index contributed by atoms with van der Waals surface area (Å²) in [5.74, 6) is -2.13. The van der Waals surface area contributed by atoms with E-state index >= 15 is 0 Å². The van der Waals surface area contributed by atoms with Crippen LogP contribution < -0.4 is 5.32 Å². The van der Waals surface area contributed by atoms with Crippen molar-refractivity contribution in [2.24, 2.45) is 0 Å². The van der Waals surface area contributed by atoms with E-state index in [4.69, 9.17) is 9.84 Å². The molecule has 0 aliphatic rings. The highest BCUT2D eigenvalue weighted by Crippen LogP contribution is 2.11. The van der Waals surface area contributed by atoms with E-state index in [9.17, 15) is 14.4 Å². The summed E-state index contributed by atoms with van der Waals surface area (Å²) >= 11 is 0. The standard InChI is InChI=1S/C22H41NO5/c1-3-5-7-8-9-10-11-12-13-15-21(26)28-22(27)19(16-17-20(24)25)23-18-14-6-4-2/h19,23H,3-18H2,1-2H3,(H,24,25)/t19-/m0/s1. The van der Waals surface area contributed by atoms with Crippen molar-refractivity contribution in [2.45, 2.75) is 116 Å². The lowest BCUT2D eigenvalue weighted by atomic mass is 10.1. The van der Waals surface area contributed by atoms with Crippen LogP contribution in [0.2, 0.25) is 0 Å². The largest absolute Gasteiger partial charge is 0.481 e. The summed E-state index contributed by atoms with van der Waals surface area (Å²) in [5, 5.41) is 11.9. The average Bonchev–Trinajstić information content (AvgIpc) is 2.65. The van der Waals surface area contributed by atoms with Crippen molar-refractivity contribution in [3.05, 3.63) is 0 Å². The summed E-state index contributed by atoms with van der Waals surface area (Å²) in [7, 11) is 0. The summed E-state index contributed by atoms with van der Waals surface area (Å²) in [6, 6.07) is -0.736. The molecular weight excluding hydrogens is 358 g/mol. The molecular formula is C22H41NO5. The zero-order valence-electron chi connectivity index (χ0n) is 18.0. The van der Waals surface area contributed by atoms with Crippen LogP contribution in [0.4, 0.5) is 0 Å². The quantitative estimate of drug-likeness (QED) is 0.181. The number of carbonyl (C=O) groups is 3. The molecule has 0 bridgehead atoms. The third-order valence-corrected chi connectivity index (χ3v) is 4.80. The van der Waals surface area contributed by atoms with Crippen molar-refractivity contribution in [3.63, 3.8) is 0 Å². The molecule has 6 nitrogen and oxygen atoms in total. The topological polar surface area (TPSA) is 92.7 Å². The maximum Gasteiger partial charge on any atom is 0.330 e. The fourth-order valence-electron chi connectivity index (χ4n) is 3.04. The number of aliphatic carboxylic acids is 1. The van der Waals surface area contributed by atoms with Gasteiger partial charge in [-0.15, -0.1) is 0 Å². The van der Waals surface area contributed by atoms with E-state index in [-0.39, 0.29) is 19.3 Å². The van der Waals surface area contributed by atoms with E-state index in [1.165, 1.54) is 38.5 Å². The van der Waals surface area contributed by atoms with E-state index in [1.54, 1.807) is 0 Å². The Morgan fingerprint density at radius 3 is 1.89 bits per heavy atom. The summed E-state index contributed by atoms with van der Waals surface area (Å²) in [5.41, 5.74) is 0. The first kappa shape index (κ1) is 26.6. The lowest BCUT2D eigenvalue weighted by Gasteiger charge is -2.16. The molecule has 0 saturated heterocycles. The van der Waals surface area contributed by atoms with Crippen molar-refractivity contribution >= 4 is 17.9 Å². The monoisotopic (exact) mass is 399 g/mol. The Morgan fingerprint density at radius 2 is 1.32 bits per heavy atom. The van der Waals surface area contributed by atoms with E-state index in [2.05, 4.69) is 19.2 Å². The lowest BCUT2D eigenvalue weighted by molar-refractivity contribution is -0.161. The second-order valence-corrected chi connectivity index (χ2v) is 7.52. The molecule has 0 spiro atoms. The van der Waals surface area contributed by atoms with Gasteiger partial charge in [0.1, 0.15) is 6.04 Å². The van der Waals surface area contributed by atoms with Gasteiger partial charge in [-0.1, -0.05) is 78.1 Å². The second kappa shape index (κ2) is 18.9. The van der Waals surface area contributed by atoms with Gasteiger partial charge in [0, 0.05) is 12.8 Å². The summed E-state index contributed by atoms with van der Waals surface area (Å²) < 4.78 is 4.94. The van der Waals surface area contributed by atoms with Gasteiger partial charge in [0.2, 0.25) is 0 Å². The molecule has 0 radical (unpaired) electrons. The predicted molar refractivity (Wildman–Crippen MR) is 111 cm³/mol. The number of rotatable bonds is 19. The minimum atomic E-state index is -0.964. The van der Waals surface area contributed by atoms with Crippen LogP contribution in [-0.2, 0) is 19.1 Å². The molecule has 0 saturated carbocycles. The Kier molecular flexibility index (Phi) is 17.9. The number of hydrogen-bond donors (Lipinski definition) is 2. The van der Waals surface area contributed by atoms with Crippen LogP contribution in [0.25, 0.3) is 0 Å². The number of esters is 2. The Bertz CT molecular complexity index is 425. The minimum Gasteiger partial charge on any atom is -0.481 e. The van der Waals surface area contributed by atoms with E-state index in [0.717, 1.165) is 38.5 Å². The number of carboxylic acid groups (broad SMARTS) is 1. The van der Waals surface area contributed by atoms with Crippen molar-refractivity contribution in [2.75, 3.05) is 6.54 Å². The van der Waals surface area contributed by atoms with Gasteiger partial charge < -0.3 is 15.2 Å². The van der Waals surface area contributed by atoms with Gasteiger partial charge in [0.05, 0.1) is 0 Å². The summed E-state index contributed by atoms with van der Waals surface area (Å²) in [6.45, 7) is 4.90. The number of carboxylic acids is 1. The molecule has 0 amide bonds. The Morgan fingerprint density at radius 1 is 0.786 bits per heavy atom. The zero-order valence-corrected chi connectivity index (χ0v) is 18.0. The number of ether oxygens (including phenoxy) is 1. The molecule has 0 rings (SSSR count). The van der Waals surface area contributed by atoms with Gasteiger partial charge in [-0.05, 0) is 25.8 Å². The average molecular weight is 400 g/mol. The van der Waals surface area contributed by atoms with Crippen LogP contribution >= 0.6 is 0 Å². The van der Waals surface area contributed by atoms with Gasteiger partial charge in [-0.3, -0.25) is 9.59 Å². The SMILES string of the molecule is CCCCCCCCCCCC(=O)OC(=O)[C@H](CCC(=O)O)NCCCCC. The normalized spacial score (nSPS) is 11.9. The molecule has 0 aliphatic carbocycles. The molecule has 164 valence electrons. The number of carbonyl (C=O) groups excluding carboxylic acids is 2. The first-order valence-electron chi connectivity index (χ1n) is 11.2. The van der Waals surface area contributed by atoms with Gasteiger partial charge >= 0.3 is 17.9 Å². The smallest absolute Gasteiger partial charge is 0.330 e. The van der Waals surface area contributed by atoms with Crippen LogP contribution in [0.15, 0.2) is 0 Å². The molecule has 0 aromatic carbocycles. The molecule has 1 atom stereocenters. The molecule has 0 fully saturated rings. The van der Waals surface area contributed by atoms with Crippen LogP contribution in [0, 0.1) is 0 Å². The molecule has 0 aromatic rings.